The van der Waals surface area contributed by atoms with Crippen molar-refractivity contribution in [3.63, 3.8) is 0 Å². The largest absolute Gasteiger partial charge is 0.480 e. The van der Waals surface area contributed by atoms with Crippen LogP contribution in [0.1, 0.15) is 30.7 Å². The quantitative estimate of drug-likeness (QED) is 0.182. The second-order valence-corrected chi connectivity index (χ2v) is 12.8. The van der Waals surface area contributed by atoms with E-state index in [1.807, 2.05) is 43.4 Å². The average Bonchev–Trinajstić information content (AvgIpc) is 3.68. The highest BCUT2D eigenvalue weighted by molar-refractivity contribution is 6.39. The molecule has 0 spiro atoms. The SMILES string of the molecule is COc1nc(-c2cccc(-c3cccc(-c4cnc(CNC[C@@H]5CCC(=O)N5)c(OC)n4)c3Cl)c2Cl)cnc1CNCC1CCN(C)C1=O. The van der Waals surface area contributed by atoms with Crippen LogP contribution >= 0.6 is 23.2 Å². The summed E-state index contributed by atoms with van der Waals surface area (Å²) in [6.45, 7) is 2.81. The van der Waals surface area contributed by atoms with Crippen molar-refractivity contribution in [2.75, 3.05) is 40.9 Å². The fourth-order valence-electron chi connectivity index (χ4n) is 6.14. The normalized spacial score (nSPS) is 17.4. The van der Waals surface area contributed by atoms with Crippen LogP contribution in [0, 0.1) is 5.92 Å². The number of carbonyl (C=O) groups is 2. The van der Waals surface area contributed by atoms with Crippen LogP contribution in [0.2, 0.25) is 10.0 Å². The highest BCUT2D eigenvalue weighted by Gasteiger charge is 2.28. The van der Waals surface area contributed by atoms with Crippen LogP contribution < -0.4 is 25.4 Å². The summed E-state index contributed by atoms with van der Waals surface area (Å²) in [6.07, 6.45) is 5.53. The molecule has 1 unspecified atom stereocenters. The standard InChI is InChI=1S/C35H38Cl2N8O4/c1-45-13-12-20(35(45)47)14-38-16-28-33(48-2)43-26(18-40-28)24-8-4-6-22(31(24)36)23-7-5-9-25(32(23)37)27-19-41-29(34(44-27)49-3)17-39-15-21-10-11-30(46)42-21/h4-9,18-21,38-39H,10-17H2,1-3H3,(H,42,46)/t20?,21-/m0/s1. The van der Waals surface area contributed by atoms with Crippen molar-refractivity contribution in [2.24, 2.45) is 5.92 Å². The van der Waals surface area contributed by atoms with Crippen molar-refractivity contribution in [2.45, 2.75) is 38.4 Å². The van der Waals surface area contributed by atoms with Crippen LogP contribution in [-0.4, -0.2) is 83.6 Å². The first-order valence-corrected chi connectivity index (χ1v) is 16.9. The first-order valence-electron chi connectivity index (χ1n) is 16.1. The van der Waals surface area contributed by atoms with Gasteiger partial charge in [0.2, 0.25) is 23.6 Å². The maximum atomic E-state index is 12.2. The fourth-order valence-corrected chi connectivity index (χ4v) is 6.79. The lowest BCUT2D eigenvalue weighted by Crippen LogP contribution is -2.35. The third-order valence-corrected chi connectivity index (χ3v) is 9.65. The lowest BCUT2D eigenvalue weighted by Gasteiger charge is -2.15. The summed E-state index contributed by atoms with van der Waals surface area (Å²) in [6, 6.07) is 11.4. The van der Waals surface area contributed by atoms with Gasteiger partial charge in [-0.05, 0) is 12.8 Å². The van der Waals surface area contributed by atoms with E-state index in [4.69, 9.17) is 42.6 Å². The number of methoxy groups -OCH3 is 2. The Labute approximate surface area is 295 Å². The zero-order chi connectivity index (χ0) is 34.5. The molecule has 2 amide bonds. The van der Waals surface area contributed by atoms with Crippen LogP contribution in [-0.2, 0) is 22.7 Å². The average molecular weight is 706 g/mol. The van der Waals surface area contributed by atoms with Gasteiger partial charge in [0.1, 0.15) is 11.4 Å². The number of rotatable bonds is 13. The first-order chi connectivity index (χ1) is 23.8. The summed E-state index contributed by atoms with van der Waals surface area (Å²) >= 11 is 14.1. The summed E-state index contributed by atoms with van der Waals surface area (Å²) < 4.78 is 11.2. The molecule has 2 saturated heterocycles. The minimum Gasteiger partial charge on any atom is -0.480 e. The Morgan fingerprint density at radius 2 is 1.35 bits per heavy atom. The van der Waals surface area contributed by atoms with E-state index >= 15 is 0 Å². The van der Waals surface area contributed by atoms with Gasteiger partial charge in [-0.2, -0.15) is 0 Å². The van der Waals surface area contributed by atoms with Gasteiger partial charge in [0.25, 0.3) is 0 Å². The Morgan fingerprint density at radius 1 is 0.816 bits per heavy atom. The molecule has 2 aromatic carbocycles. The van der Waals surface area contributed by atoms with E-state index in [1.165, 1.54) is 0 Å². The number of nitrogens with one attached hydrogen (secondary N) is 3. The minimum absolute atomic E-state index is 0.0373. The molecule has 256 valence electrons. The van der Waals surface area contributed by atoms with Crippen molar-refractivity contribution in [3.8, 4) is 45.4 Å². The molecule has 0 saturated carbocycles. The zero-order valence-corrected chi connectivity index (χ0v) is 29.1. The van der Waals surface area contributed by atoms with E-state index in [0.29, 0.717) is 99.4 Å². The number of aromatic nitrogens is 4. The third kappa shape index (κ3) is 7.62. The molecule has 2 atom stereocenters. The van der Waals surface area contributed by atoms with Crippen molar-refractivity contribution < 1.29 is 19.1 Å². The predicted molar refractivity (Wildman–Crippen MR) is 187 cm³/mol. The number of benzene rings is 2. The molecule has 6 rings (SSSR count). The van der Waals surface area contributed by atoms with E-state index < -0.39 is 0 Å². The molecule has 2 aliphatic heterocycles. The molecule has 0 bridgehead atoms. The Balaban J connectivity index is 1.20. The van der Waals surface area contributed by atoms with E-state index in [9.17, 15) is 9.59 Å². The van der Waals surface area contributed by atoms with Crippen LogP contribution in [0.15, 0.2) is 48.8 Å². The molecule has 4 heterocycles. The summed E-state index contributed by atoms with van der Waals surface area (Å²) in [5, 5.41) is 10.5. The maximum absolute atomic E-state index is 12.2. The topological polar surface area (TPSA) is 143 Å². The lowest BCUT2D eigenvalue weighted by molar-refractivity contribution is -0.129. The Bertz CT molecular complexity index is 1860. The Morgan fingerprint density at radius 3 is 1.82 bits per heavy atom. The number of carbonyl (C=O) groups excluding carboxylic acids is 2. The molecule has 0 aliphatic carbocycles. The van der Waals surface area contributed by atoms with Gasteiger partial charge in [-0.25, -0.2) is 9.97 Å². The monoisotopic (exact) mass is 704 g/mol. The van der Waals surface area contributed by atoms with Crippen LogP contribution in [0.4, 0.5) is 0 Å². The Hall–Kier alpha value is -4.36. The van der Waals surface area contributed by atoms with Gasteiger partial charge < -0.3 is 30.3 Å². The van der Waals surface area contributed by atoms with Crippen LogP contribution in [0.25, 0.3) is 33.6 Å². The molecule has 2 fully saturated rings. The Kier molecular flexibility index (Phi) is 10.9. The number of halogens is 2. The lowest BCUT2D eigenvalue weighted by atomic mass is 9.98. The van der Waals surface area contributed by atoms with Gasteiger partial charge >= 0.3 is 0 Å². The molecule has 2 aromatic heterocycles. The highest BCUT2D eigenvalue weighted by atomic mass is 35.5. The van der Waals surface area contributed by atoms with Crippen molar-refractivity contribution in [1.29, 1.82) is 0 Å². The molecule has 4 aromatic rings. The molecule has 2 aliphatic rings. The van der Waals surface area contributed by atoms with E-state index in [1.54, 1.807) is 31.5 Å². The van der Waals surface area contributed by atoms with Gasteiger partial charge in [0.05, 0.1) is 54.0 Å². The number of amides is 2. The van der Waals surface area contributed by atoms with Gasteiger partial charge in [-0.3, -0.25) is 19.6 Å². The fraction of sp³-hybridized carbons (Fsp3) is 0.371. The van der Waals surface area contributed by atoms with E-state index in [2.05, 4.69) is 25.9 Å². The molecule has 14 heteroatoms. The van der Waals surface area contributed by atoms with Gasteiger partial charge in [0, 0.05) is 74.5 Å². The van der Waals surface area contributed by atoms with E-state index in [-0.39, 0.29) is 23.8 Å². The number of nitrogens with zero attached hydrogens (tertiary/aromatic N) is 5. The molecule has 3 N–H and O–H groups in total. The van der Waals surface area contributed by atoms with Crippen LogP contribution in [0.5, 0.6) is 11.8 Å². The van der Waals surface area contributed by atoms with Crippen molar-refractivity contribution in [3.05, 3.63) is 70.2 Å². The van der Waals surface area contributed by atoms with Crippen molar-refractivity contribution >= 4 is 35.0 Å². The highest BCUT2D eigenvalue weighted by Crippen LogP contribution is 2.42. The molecule has 49 heavy (non-hydrogen) atoms. The molecular weight excluding hydrogens is 667 g/mol. The van der Waals surface area contributed by atoms with Gasteiger partial charge in [0.15, 0.2) is 0 Å². The summed E-state index contributed by atoms with van der Waals surface area (Å²) in [5.74, 6) is 0.953. The second-order valence-electron chi connectivity index (χ2n) is 12.1. The number of ether oxygens (including phenoxy) is 2. The summed E-state index contributed by atoms with van der Waals surface area (Å²) in [5.41, 5.74) is 5.13. The molecular formula is C35H38Cl2N8O4. The third-order valence-electron chi connectivity index (χ3n) is 8.84. The zero-order valence-electron chi connectivity index (χ0n) is 27.6. The second kappa shape index (κ2) is 15.5. The van der Waals surface area contributed by atoms with Crippen LogP contribution in [0.3, 0.4) is 0 Å². The minimum atomic E-state index is -0.0373. The van der Waals surface area contributed by atoms with E-state index in [0.717, 1.165) is 19.4 Å². The predicted octanol–water partition coefficient (Wildman–Crippen LogP) is 4.53. The smallest absolute Gasteiger partial charge is 0.237 e. The molecule has 0 radical (unpaired) electrons. The summed E-state index contributed by atoms with van der Waals surface area (Å²) in [7, 11) is 4.93. The summed E-state index contributed by atoms with van der Waals surface area (Å²) in [4.78, 5) is 44.2. The first kappa shape index (κ1) is 34.5. The number of hydrogen-bond donors (Lipinski definition) is 3. The molecule has 12 nitrogen and oxygen atoms in total. The van der Waals surface area contributed by atoms with Gasteiger partial charge in [-0.1, -0.05) is 59.6 Å². The van der Waals surface area contributed by atoms with Gasteiger partial charge in [-0.15, -0.1) is 0 Å². The number of hydrogen-bond acceptors (Lipinski definition) is 10. The number of likely N-dealkylation sites (tertiary alicyclic amines) is 1. The van der Waals surface area contributed by atoms with Crippen molar-refractivity contribution in [1.82, 2.24) is 40.8 Å². The maximum Gasteiger partial charge on any atom is 0.237 e.